The Bertz CT molecular complexity index is 513. The number of rotatable bonds is 7. The van der Waals surface area contributed by atoms with E-state index in [1.165, 1.54) is 17.1 Å². The number of aromatic nitrogens is 2. The van der Waals surface area contributed by atoms with E-state index in [-0.39, 0.29) is 0 Å². The molecular weight excluding hydrogens is 286 g/mol. The molecule has 0 aliphatic rings. The Labute approximate surface area is 129 Å². The standard InChI is InChI=1S/C15H21N3S2/c1-4-13-17-15(20-18-13)19-11(3)14(16-5-2)12-9-7-6-8-10-12/h6-11,14,16H,4-5H2,1-3H3. The Balaban J connectivity index is 2.08. The van der Waals surface area contributed by atoms with Crippen LogP contribution in [0.1, 0.15) is 38.2 Å². The topological polar surface area (TPSA) is 37.8 Å². The van der Waals surface area contributed by atoms with E-state index < -0.39 is 0 Å². The molecule has 0 saturated carbocycles. The molecule has 0 radical (unpaired) electrons. The van der Waals surface area contributed by atoms with Crippen molar-refractivity contribution in [3.8, 4) is 0 Å². The summed E-state index contributed by atoms with van der Waals surface area (Å²) < 4.78 is 5.42. The van der Waals surface area contributed by atoms with E-state index in [2.05, 4.69) is 65.8 Å². The van der Waals surface area contributed by atoms with Gasteiger partial charge >= 0.3 is 0 Å². The highest BCUT2D eigenvalue weighted by atomic mass is 32.2. The number of benzene rings is 1. The van der Waals surface area contributed by atoms with Crippen LogP contribution < -0.4 is 5.32 Å². The van der Waals surface area contributed by atoms with Crippen molar-refractivity contribution in [1.29, 1.82) is 0 Å². The maximum Gasteiger partial charge on any atom is 0.170 e. The number of hydrogen-bond acceptors (Lipinski definition) is 5. The van der Waals surface area contributed by atoms with Gasteiger partial charge in [0.15, 0.2) is 4.34 Å². The highest BCUT2D eigenvalue weighted by Gasteiger charge is 2.20. The first-order valence-electron chi connectivity index (χ1n) is 7.02. The first-order chi connectivity index (χ1) is 9.74. The fourth-order valence-electron chi connectivity index (χ4n) is 2.09. The fraction of sp³-hybridized carbons (Fsp3) is 0.467. The first-order valence-corrected chi connectivity index (χ1v) is 8.67. The van der Waals surface area contributed by atoms with Gasteiger partial charge in [-0.05, 0) is 23.6 Å². The Morgan fingerprint density at radius 2 is 2.00 bits per heavy atom. The summed E-state index contributed by atoms with van der Waals surface area (Å²) in [6, 6.07) is 10.9. The summed E-state index contributed by atoms with van der Waals surface area (Å²) in [7, 11) is 0. The summed E-state index contributed by atoms with van der Waals surface area (Å²) in [4.78, 5) is 4.55. The molecule has 2 atom stereocenters. The third kappa shape index (κ3) is 4.04. The Kier molecular flexibility index (Phi) is 6.01. The van der Waals surface area contributed by atoms with Crippen LogP contribution in [0.3, 0.4) is 0 Å². The van der Waals surface area contributed by atoms with Gasteiger partial charge in [-0.2, -0.15) is 4.37 Å². The van der Waals surface area contributed by atoms with Crippen LogP contribution in [0, 0.1) is 0 Å². The minimum absolute atomic E-state index is 0.333. The van der Waals surface area contributed by atoms with Crippen molar-refractivity contribution in [2.45, 2.75) is 42.8 Å². The predicted octanol–water partition coefficient (Wildman–Crippen LogP) is 3.93. The van der Waals surface area contributed by atoms with Crippen LogP contribution in [0.5, 0.6) is 0 Å². The number of hydrogen-bond donors (Lipinski definition) is 1. The van der Waals surface area contributed by atoms with Crippen LogP contribution in [0.2, 0.25) is 0 Å². The van der Waals surface area contributed by atoms with Gasteiger partial charge in [0.05, 0.1) is 0 Å². The minimum Gasteiger partial charge on any atom is -0.309 e. The smallest absolute Gasteiger partial charge is 0.170 e. The van der Waals surface area contributed by atoms with Gasteiger partial charge in [0, 0.05) is 17.7 Å². The summed E-state index contributed by atoms with van der Waals surface area (Å²) >= 11 is 3.31. The van der Waals surface area contributed by atoms with Crippen molar-refractivity contribution in [3.05, 3.63) is 41.7 Å². The Morgan fingerprint density at radius 1 is 1.25 bits per heavy atom. The average molecular weight is 307 g/mol. The molecular formula is C15H21N3S2. The highest BCUT2D eigenvalue weighted by molar-refractivity contribution is 8.01. The van der Waals surface area contributed by atoms with Crippen molar-refractivity contribution in [2.75, 3.05) is 6.54 Å². The van der Waals surface area contributed by atoms with E-state index in [1.807, 2.05) is 0 Å². The zero-order chi connectivity index (χ0) is 14.4. The van der Waals surface area contributed by atoms with Gasteiger partial charge in [-0.15, -0.1) is 0 Å². The Hall–Kier alpha value is -0.910. The van der Waals surface area contributed by atoms with Crippen molar-refractivity contribution >= 4 is 23.3 Å². The lowest BCUT2D eigenvalue weighted by molar-refractivity contribution is 0.548. The van der Waals surface area contributed by atoms with Crippen molar-refractivity contribution in [3.63, 3.8) is 0 Å². The zero-order valence-electron chi connectivity index (χ0n) is 12.2. The van der Waals surface area contributed by atoms with Gasteiger partial charge < -0.3 is 5.32 Å². The summed E-state index contributed by atoms with van der Waals surface area (Å²) in [6.45, 7) is 7.44. The van der Waals surface area contributed by atoms with Gasteiger partial charge in [0.25, 0.3) is 0 Å². The third-order valence-corrected chi connectivity index (χ3v) is 5.10. The molecule has 0 amide bonds. The second-order valence-electron chi connectivity index (χ2n) is 4.60. The highest BCUT2D eigenvalue weighted by Crippen LogP contribution is 2.32. The second kappa shape index (κ2) is 7.76. The monoisotopic (exact) mass is 307 g/mol. The average Bonchev–Trinajstić information content (AvgIpc) is 2.93. The molecule has 20 heavy (non-hydrogen) atoms. The van der Waals surface area contributed by atoms with Crippen LogP contribution in [-0.2, 0) is 6.42 Å². The molecule has 0 aliphatic heterocycles. The summed E-state index contributed by atoms with van der Waals surface area (Å²) in [5.74, 6) is 0.949. The molecule has 2 unspecified atom stereocenters. The molecule has 5 heteroatoms. The molecule has 1 aromatic carbocycles. The van der Waals surface area contributed by atoms with E-state index >= 15 is 0 Å². The SMILES string of the molecule is CCNC(c1ccccc1)C(C)Sc1nc(CC)ns1. The van der Waals surface area contributed by atoms with Gasteiger partial charge in [0.1, 0.15) is 5.82 Å². The largest absolute Gasteiger partial charge is 0.309 e. The summed E-state index contributed by atoms with van der Waals surface area (Å²) in [5, 5.41) is 3.99. The van der Waals surface area contributed by atoms with Crippen molar-refractivity contribution < 1.29 is 0 Å². The van der Waals surface area contributed by atoms with E-state index in [0.29, 0.717) is 11.3 Å². The maximum absolute atomic E-state index is 4.55. The maximum atomic E-state index is 4.55. The van der Waals surface area contributed by atoms with E-state index in [9.17, 15) is 0 Å². The molecule has 0 fully saturated rings. The lowest BCUT2D eigenvalue weighted by Gasteiger charge is -2.24. The lowest BCUT2D eigenvalue weighted by Crippen LogP contribution is -2.28. The van der Waals surface area contributed by atoms with Crippen molar-refractivity contribution in [1.82, 2.24) is 14.7 Å². The third-order valence-electron chi connectivity index (χ3n) is 3.10. The summed E-state index contributed by atoms with van der Waals surface area (Å²) in [5.41, 5.74) is 1.33. The zero-order valence-corrected chi connectivity index (χ0v) is 13.8. The second-order valence-corrected chi connectivity index (χ2v) is 6.98. The van der Waals surface area contributed by atoms with Gasteiger partial charge in [-0.1, -0.05) is 62.9 Å². The first kappa shape index (κ1) is 15.5. The summed E-state index contributed by atoms with van der Waals surface area (Å²) in [6.07, 6.45) is 0.904. The number of thioether (sulfide) groups is 1. The Morgan fingerprint density at radius 3 is 2.60 bits per heavy atom. The molecule has 1 aromatic heterocycles. The van der Waals surface area contributed by atoms with E-state index in [1.54, 1.807) is 11.8 Å². The van der Waals surface area contributed by atoms with Crippen LogP contribution >= 0.6 is 23.3 Å². The number of nitrogens with one attached hydrogen (secondary N) is 1. The molecule has 1 heterocycles. The van der Waals surface area contributed by atoms with Gasteiger partial charge in [-0.25, -0.2) is 4.98 Å². The van der Waals surface area contributed by atoms with Crippen molar-refractivity contribution in [2.24, 2.45) is 0 Å². The van der Waals surface area contributed by atoms with Crippen LogP contribution in [-0.4, -0.2) is 21.2 Å². The number of aryl methyl sites for hydroxylation is 1. The predicted molar refractivity (Wildman–Crippen MR) is 87.5 cm³/mol. The van der Waals surface area contributed by atoms with Crippen LogP contribution in [0.4, 0.5) is 0 Å². The van der Waals surface area contributed by atoms with Crippen LogP contribution in [0.15, 0.2) is 34.7 Å². The molecule has 0 saturated heterocycles. The fourth-order valence-corrected chi connectivity index (χ4v) is 4.20. The normalized spacial score (nSPS) is 14.2. The molecule has 0 bridgehead atoms. The molecule has 0 spiro atoms. The lowest BCUT2D eigenvalue weighted by atomic mass is 10.0. The van der Waals surface area contributed by atoms with E-state index in [4.69, 9.17) is 0 Å². The molecule has 2 rings (SSSR count). The molecule has 1 N–H and O–H groups in total. The van der Waals surface area contributed by atoms with Crippen LogP contribution in [0.25, 0.3) is 0 Å². The number of nitrogens with zero attached hydrogens (tertiary/aromatic N) is 2. The van der Waals surface area contributed by atoms with Gasteiger partial charge in [-0.3, -0.25) is 0 Å². The molecule has 2 aromatic rings. The van der Waals surface area contributed by atoms with Gasteiger partial charge in [0.2, 0.25) is 0 Å². The molecule has 0 aliphatic carbocycles. The minimum atomic E-state index is 0.333. The quantitative estimate of drug-likeness (QED) is 0.787. The van der Waals surface area contributed by atoms with E-state index in [0.717, 1.165) is 23.1 Å². The molecule has 108 valence electrons. The molecule has 3 nitrogen and oxygen atoms in total.